The van der Waals surface area contributed by atoms with Crippen molar-refractivity contribution >= 4 is 0 Å². The lowest BCUT2D eigenvalue weighted by atomic mass is 10.2. The molecule has 0 amide bonds. The molecule has 0 radical (unpaired) electrons. The van der Waals surface area contributed by atoms with Crippen LogP contribution in [0.25, 0.3) is 0 Å². The number of allylic oxidation sites excluding steroid dienone is 1. The third kappa shape index (κ3) is 2.69. The Bertz CT molecular complexity index is 240. The van der Waals surface area contributed by atoms with E-state index in [1.165, 1.54) is 18.5 Å². The van der Waals surface area contributed by atoms with Crippen molar-refractivity contribution in [2.24, 2.45) is 0 Å². The van der Waals surface area contributed by atoms with E-state index in [9.17, 15) is 0 Å². The molecule has 0 spiro atoms. The number of hydrogen-bond donors (Lipinski definition) is 0. The molecule has 0 aromatic rings. The summed E-state index contributed by atoms with van der Waals surface area (Å²) in [6, 6.07) is 0. The summed E-state index contributed by atoms with van der Waals surface area (Å²) in [5.74, 6) is 0. The number of hydrogen-bond acceptors (Lipinski definition) is 0. The van der Waals surface area contributed by atoms with E-state index in [0.717, 1.165) is 11.0 Å². The van der Waals surface area contributed by atoms with Gasteiger partial charge in [0.05, 0.1) is 20.6 Å². The molecule has 0 aromatic heterocycles. The van der Waals surface area contributed by atoms with Gasteiger partial charge in [-0.05, 0) is 18.6 Å². The lowest BCUT2D eigenvalue weighted by molar-refractivity contribution is -0.885. The van der Waals surface area contributed by atoms with Gasteiger partial charge in [0.2, 0.25) is 0 Å². The molecule has 1 rings (SSSR count). The summed E-state index contributed by atoms with van der Waals surface area (Å²) in [6.07, 6.45) is 7.44. The minimum Gasteiger partial charge on any atom is -0.324 e. The highest BCUT2D eigenvalue weighted by atomic mass is 15.3. The number of rotatable bonds is 4. The molecular formula is C11H18N+. The zero-order valence-electron chi connectivity index (χ0n) is 8.30. The zero-order chi connectivity index (χ0) is 9.03. The molecule has 0 unspecified atom stereocenters. The van der Waals surface area contributed by atoms with Gasteiger partial charge in [0, 0.05) is 5.57 Å². The minimum absolute atomic E-state index is 1.07. The Balaban J connectivity index is 2.49. The van der Waals surface area contributed by atoms with Crippen molar-refractivity contribution in [3.8, 4) is 0 Å². The Morgan fingerprint density at radius 3 is 2.67 bits per heavy atom. The van der Waals surface area contributed by atoms with Gasteiger partial charge in [-0.15, -0.1) is 5.73 Å². The lowest BCUT2D eigenvalue weighted by Crippen LogP contribution is -2.41. The molecule has 0 heterocycles. The molecule has 0 bridgehead atoms. The first-order valence-electron chi connectivity index (χ1n) is 4.58. The van der Waals surface area contributed by atoms with Crippen LogP contribution in [-0.4, -0.2) is 31.7 Å². The van der Waals surface area contributed by atoms with Crippen LogP contribution in [0.3, 0.4) is 0 Å². The van der Waals surface area contributed by atoms with E-state index in [0.29, 0.717) is 0 Å². The smallest absolute Gasteiger partial charge is 0.111 e. The maximum atomic E-state index is 3.24. The zero-order valence-corrected chi connectivity index (χ0v) is 8.30. The van der Waals surface area contributed by atoms with Crippen molar-refractivity contribution in [2.45, 2.75) is 13.3 Å². The SMILES string of the molecule is CCC[N+](C)(C)CC1=C=CC=C1. The van der Waals surface area contributed by atoms with Crippen molar-refractivity contribution in [1.29, 1.82) is 0 Å². The number of likely N-dealkylation sites (N-methyl/N-ethyl adjacent to an activating group) is 1. The monoisotopic (exact) mass is 164 g/mol. The summed E-state index contributed by atoms with van der Waals surface area (Å²) in [6.45, 7) is 4.56. The van der Waals surface area contributed by atoms with E-state index in [2.05, 4.69) is 38.9 Å². The fraction of sp³-hybridized carbons (Fsp3) is 0.545. The first-order chi connectivity index (χ1) is 5.64. The second kappa shape index (κ2) is 3.75. The van der Waals surface area contributed by atoms with Gasteiger partial charge in [0.15, 0.2) is 0 Å². The first-order valence-corrected chi connectivity index (χ1v) is 4.58. The van der Waals surface area contributed by atoms with Gasteiger partial charge in [-0.3, -0.25) is 0 Å². The number of quaternary nitrogens is 1. The van der Waals surface area contributed by atoms with Gasteiger partial charge in [0.25, 0.3) is 0 Å². The van der Waals surface area contributed by atoms with E-state index in [1.54, 1.807) is 0 Å². The Morgan fingerprint density at radius 1 is 1.42 bits per heavy atom. The third-order valence-electron chi connectivity index (χ3n) is 2.09. The van der Waals surface area contributed by atoms with Gasteiger partial charge in [-0.25, -0.2) is 0 Å². The molecule has 0 aliphatic heterocycles. The Hall–Kier alpha value is -0.780. The molecule has 1 heteroatoms. The first kappa shape index (κ1) is 9.31. The maximum Gasteiger partial charge on any atom is 0.111 e. The van der Waals surface area contributed by atoms with Crippen molar-refractivity contribution in [1.82, 2.24) is 0 Å². The van der Waals surface area contributed by atoms with Crippen LogP contribution in [0.5, 0.6) is 0 Å². The molecule has 1 nitrogen and oxygen atoms in total. The van der Waals surface area contributed by atoms with Crippen LogP contribution in [0.2, 0.25) is 0 Å². The average Bonchev–Trinajstić information content (AvgIpc) is 2.38. The summed E-state index contributed by atoms with van der Waals surface area (Å²) < 4.78 is 1.07. The van der Waals surface area contributed by atoms with E-state index in [4.69, 9.17) is 0 Å². The molecule has 0 saturated carbocycles. The minimum atomic E-state index is 1.07. The summed E-state index contributed by atoms with van der Waals surface area (Å²) in [7, 11) is 4.54. The third-order valence-corrected chi connectivity index (χ3v) is 2.09. The highest BCUT2D eigenvalue weighted by Crippen LogP contribution is 2.09. The molecule has 0 aromatic carbocycles. The Labute approximate surface area is 75.3 Å². The largest absolute Gasteiger partial charge is 0.324 e. The van der Waals surface area contributed by atoms with Crippen molar-refractivity contribution in [3.63, 3.8) is 0 Å². The normalized spacial score (nSPS) is 15.4. The van der Waals surface area contributed by atoms with Crippen LogP contribution in [-0.2, 0) is 0 Å². The summed E-state index contributed by atoms with van der Waals surface area (Å²) in [5, 5.41) is 0. The van der Waals surface area contributed by atoms with Gasteiger partial charge < -0.3 is 4.48 Å². The highest BCUT2D eigenvalue weighted by Gasteiger charge is 2.14. The van der Waals surface area contributed by atoms with Gasteiger partial charge in [0.1, 0.15) is 6.54 Å². The molecule has 66 valence electrons. The molecule has 0 atom stereocenters. The standard InChI is InChI=1S/C11H18N/c1-4-9-12(2,3)10-11-7-5-6-8-11/h5-7H,4,9-10H2,1-3H3/q+1. The van der Waals surface area contributed by atoms with Crippen molar-refractivity contribution in [2.75, 3.05) is 27.2 Å². The Kier molecular flexibility index (Phi) is 2.91. The van der Waals surface area contributed by atoms with Crippen LogP contribution in [0.4, 0.5) is 0 Å². The van der Waals surface area contributed by atoms with Crippen LogP contribution in [0.15, 0.2) is 29.5 Å². The van der Waals surface area contributed by atoms with Gasteiger partial charge in [-0.2, -0.15) is 0 Å². The topological polar surface area (TPSA) is 0 Å². The highest BCUT2D eigenvalue weighted by molar-refractivity contribution is 5.29. The van der Waals surface area contributed by atoms with Crippen molar-refractivity contribution < 1.29 is 4.48 Å². The molecule has 12 heavy (non-hydrogen) atoms. The van der Waals surface area contributed by atoms with Crippen LogP contribution in [0.1, 0.15) is 13.3 Å². The van der Waals surface area contributed by atoms with Crippen molar-refractivity contribution in [3.05, 3.63) is 29.5 Å². The number of nitrogens with zero attached hydrogens (tertiary/aromatic N) is 1. The van der Waals surface area contributed by atoms with Gasteiger partial charge in [-0.1, -0.05) is 13.0 Å². The molecule has 0 fully saturated rings. The van der Waals surface area contributed by atoms with Crippen LogP contribution >= 0.6 is 0 Å². The van der Waals surface area contributed by atoms with Crippen LogP contribution < -0.4 is 0 Å². The predicted octanol–water partition coefficient (Wildman–Crippen LogP) is 2.12. The molecule has 1 aliphatic rings. The lowest BCUT2D eigenvalue weighted by Gasteiger charge is -2.29. The van der Waals surface area contributed by atoms with E-state index < -0.39 is 0 Å². The quantitative estimate of drug-likeness (QED) is 0.441. The van der Waals surface area contributed by atoms with E-state index in [1.807, 2.05) is 6.08 Å². The second-order valence-electron chi connectivity index (χ2n) is 4.01. The molecule has 1 aliphatic carbocycles. The molecular weight excluding hydrogens is 146 g/mol. The summed E-state index contributed by atoms with van der Waals surface area (Å²) in [4.78, 5) is 0. The van der Waals surface area contributed by atoms with E-state index >= 15 is 0 Å². The second-order valence-corrected chi connectivity index (χ2v) is 4.01. The summed E-state index contributed by atoms with van der Waals surface area (Å²) in [5.41, 5.74) is 4.56. The van der Waals surface area contributed by atoms with Gasteiger partial charge >= 0.3 is 0 Å². The fourth-order valence-electron chi connectivity index (χ4n) is 1.61. The predicted molar refractivity (Wildman–Crippen MR) is 52.9 cm³/mol. The van der Waals surface area contributed by atoms with Crippen LogP contribution in [0, 0.1) is 0 Å². The molecule has 0 N–H and O–H groups in total. The Morgan fingerprint density at radius 2 is 2.17 bits per heavy atom. The maximum absolute atomic E-state index is 3.24. The molecule has 0 saturated heterocycles. The summed E-state index contributed by atoms with van der Waals surface area (Å²) >= 11 is 0. The fourth-order valence-corrected chi connectivity index (χ4v) is 1.61. The average molecular weight is 164 g/mol. The van der Waals surface area contributed by atoms with E-state index in [-0.39, 0.29) is 0 Å².